The Kier molecular flexibility index (Phi) is 7.41. The Morgan fingerprint density at radius 3 is 2.50 bits per heavy atom. The van der Waals surface area contributed by atoms with Gasteiger partial charge >= 0.3 is 0 Å². The molecule has 5 heteroatoms. The zero-order valence-electron chi connectivity index (χ0n) is 13.8. The predicted octanol–water partition coefficient (Wildman–Crippen LogP) is 2.17. The Balaban J connectivity index is 2.37. The van der Waals surface area contributed by atoms with Crippen LogP contribution in [0, 0.1) is 11.3 Å². The first kappa shape index (κ1) is 18.0. The van der Waals surface area contributed by atoms with Crippen LogP contribution in [0.3, 0.4) is 0 Å². The van der Waals surface area contributed by atoms with Crippen molar-refractivity contribution in [2.24, 2.45) is 0 Å². The molecule has 120 valence electrons. The quantitative estimate of drug-likeness (QED) is 0.799. The molecule has 0 aliphatic carbocycles. The number of nitrogens with zero attached hydrogens (tertiary/aromatic N) is 2. The second-order valence-electron chi connectivity index (χ2n) is 5.67. The third kappa shape index (κ3) is 5.74. The summed E-state index contributed by atoms with van der Waals surface area (Å²) in [5, 5.41) is 11.8. The van der Waals surface area contributed by atoms with Crippen molar-refractivity contribution >= 4 is 5.91 Å². The Hall–Kier alpha value is -2.06. The molecule has 0 aliphatic heterocycles. The number of carbonyl (C=O) groups excluding carboxylic acids is 1. The molecule has 0 unspecified atom stereocenters. The van der Waals surface area contributed by atoms with Crippen molar-refractivity contribution in [3.05, 3.63) is 29.8 Å². The van der Waals surface area contributed by atoms with Gasteiger partial charge in [0, 0.05) is 25.2 Å². The van der Waals surface area contributed by atoms with Crippen LogP contribution in [0.4, 0.5) is 0 Å². The van der Waals surface area contributed by atoms with Crippen LogP contribution in [-0.2, 0) is 4.79 Å². The minimum absolute atomic E-state index is 0.0813. The maximum atomic E-state index is 11.8. The van der Waals surface area contributed by atoms with Gasteiger partial charge in [0.2, 0.25) is 0 Å². The smallest absolute Gasteiger partial charge is 0.257 e. The minimum Gasteiger partial charge on any atom is -0.482 e. The SMILES string of the molecule is CC(C)N(CCNC(=O)COc1ccccc1C#N)C(C)C. The highest BCUT2D eigenvalue weighted by Gasteiger charge is 2.13. The van der Waals surface area contributed by atoms with Crippen LogP contribution >= 0.6 is 0 Å². The van der Waals surface area contributed by atoms with Crippen molar-refractivity contribution < 1.29 is 9.53 Å². The summed E-state index contributed by atoms with van der Waals surface area (Å²) < 4.78 is 5.39. The summed E-state index contributed by atoms with van der Waals surface area (Å²) in [5.74, 6) is 0.256. The van der Waals surface area contributed by atoms with Crippen LogP contribution in [0.1, 0.15) is 33.3 Å². The summed E-state index contributed by atoms with van der Waals surface area (Å²) >= 11 is 0. The Morgan fingerprint density at radius 1 is 1.27 bits per heavy atom. The van der Waals surface area contributed by atoms with Crippen LogP contribution in [0.5, 0.6) is 5.75 Å². The standard InChI is InChI=1S/C17H25N3O2/c1-13(2)20(14(3)4)10-9-19-17(21)12-22-16-8-6-5-7-15(16)11-18/h5-8,13-14H,9-10,12H2,1-4H3,(H,19,21). The lowest BCUT2D eigenvalue weighted by molar-refractivity contribution is -0.123. The van der Waals surface area contributed by atoms with Crippen molar-refractivity contribution in [2.75, 3.05) is 19.7 Å². The Morgan fingerprint density at radius 2 is 1.91 bits per heavy atom. The third-order valence-electron chi connectivity index (χ3n) is 3.39. The highest BCUT2D eigenvalue weighted by molar-refractivity contribution is 5.77. The van der Waals surface area contributed by atoms with Crippen LogP contribution in [0.25, 0.3) is 0 Å². The molecule has 22 heavy (non-hydrogen) atoms. The lowest BCUT2D eigenvalue weighted by atomic mass is 10.2. The van der Waals surface area contributed by atoms with E-state index >= 15 is 0 Å². The van der Waals surface area contributed by atoms with Crippen LogP contribution in [0.15, 0.2) is 24.3 Å². The molecule has 0 spiro atoms. The van der Waals surface area contributed by atoms with Gasteiger partial charge in [0.15, 0.2) is 6.61 Å². The number of hydrogen-bond donors (Lipinski definition) is 1. The number of amides is 1. The number of rotatable bonds is 8. The molecule has 5 nitrogen and oxygen atoms in total. The second-order valence-corrected chi connectivity index (χ2v) is 5.67. The van der Waals surface area contributed by atoms with Gasteiger partial charge in [-0.25, -0.2) is 0 Å². The first-order valence-corrected chi connectivity index (χ1v) is 7.60. The van der Waals surface area contributed by atoms with E-state index in [2.05, 4.69) is 37.9 Å². The fourth-order valence-corrected chi connectivity index (χ4v) is 2.32. The summed E-state index contributed by atoms with van der Waals surface area (Å²) in [6.07, 6.45) is 0. The maximum Gasteiger partial charge on any atom is 0.257 e. The van der Waals surface area contributed by atoms with Gasteiger partial charge in [-0.2, -0.15) is 5.26 Å². The number of benzene rings is 1. The average molecular weight is 303 g/mol. The van der Waals surface area contributed by atoms with Crippen LogP contribution in [0.2, 0.25) is 0 Å². The van der Waals surface area contributed by atoms with Crippen molar-refractivity contribution in [3.63, 3.8) is 0 Å². The van der Waals surface area contributed by atoms with E-state index in [9.17, 15) is 4.79 Å². The summed E-state index contributed by atoms with van der Waals surface area (Å²) in [5.41, 5.74) is 0.432. The van der Waals surface area contributed by atoms with Gasteiger partial charge in [0.05, 0.1) is 5.56 Å². The summed E-state index contributed by atoms with van der Waals surface area (Å²) in [6, 6.07) is 9.81. The van der Waals surface area contributed by atoms with Gasteiger partial charge in [-0.3, -0.25) is 9.69 Å². The van der Waals surface area contributed by atoms with Crippen molar-refractivity contribution in [3.8, 4) is 11.8 Å². The van der Waals surface area contributed by atoms with E-state index in [1.54, 1.807) is 24.3 Å². The zero-order valence-corrected chi connectivity index (χ0v) is 13.8. The number of para-hydroxylation sites is 1. The molecule has 1 N–H and O–H groups in total. The molecule has 0 atom stereocenters. The number of ether oxygens (including phenoxy) is 1. The molecule has 0 saturated carbocycles. The van der Waals surface area contributed by atoms with Crippen molar-refractivity contribution in [1.82, 2.24) is 10.2 Å². The van der Waals surface area contributed by atoms with Crippen molar-refractivity contribution in [2.45, 2.75) is 39.8 Å². The molecule has 0 fully saturated rings. The largest absolute Gasteiger partial charge is 0.482 e. The molecule has 1 aromatic rings. The first-order chi connectivity index (χ1) is 10.5. The lowest BCUT2D eigenvalue weighted by Gasteiger charge is -2.30. The van der Waals surface area contributed by atoms with Gasteiger partial charge < -0.3 is 10.1 Å². The molecule has 0 aliphatic rings. The van der Waals surface area contributed by atoms with E-state index in [-0.39, 0.29) is 12.5 Å². The molecular weight excluding hydrogens is 278 g/mol. The Bertz CT molecular complexity index is 513. The van der Waals surface area contributed by atoms with E-state index in [0.29, 0.717) is 29.9 Å². The number of nitrogens with one attached hydrogen (secondary N) is 1. The van der Waals surface area contributed by atoms with Gasteiger partial charge in [0.25, 0.3) is 5.91 Å². The zero-order chi connectivity index (χ0) is 16.5. The number of hydrogen-bond acceptors (Lipinski definition) is 4. The Labute approximate surface area is 132 Å². The number of nitriles is 1. The number of carbonyl (C=O) groups is 1. The molecule has 1 amide bonds. The van der Waals surface area contributed by atoms with Gasteiger partial charge in [-0.15, -0.1) is 0 Å². The fraction of sp³-hybridized carbons (Fsp3) is 0.529. The lowest BCUT2D eigenvalue weighted by Crippen LogP contribution is -2.43. The molecule has 0 aromatic heterocycles. The topological polar surface area (TPSA) is 65.4 Å². The van der Waals surface area contributed by atoms with E-state index in [4.69, 9.17) is 10.00 Å². The average Bonchev–Trinajstić information content (AvgIpc) is 2.48. The minimum atomic E-state index is -0.180. The fourth-order valence-electron chi connectivity index (χ4n) is 2.32. The van der Waals surface area contributed by atoms with Gasteiger partial charge in [-0.1, -0.05) is 12.1 Å². The van der Waals surface area contributed by atoms with E-state index < -0.39 is 0 Å². The highest BCUT2D eigenvalue weighted by Crippen LogP contribution is 2.16. The third-order valence-corrected chi connectivity index (χ3v) is 3.39. The van der Waals surface area contributed by atoms with E-state index in [1.807, 2.05) is 6.07 Å². The molecule has 0 bridgehead atoms. The van der Waals surface area contributed by atoms with Gasteiger partial charge in [-0.05, 0) is 39.8 Å². The maximum absolute atomic E-state index is 11.8. The molecule has 0 radical (unpaired) electrons. The van der Waals surface area contributed by atoms with Gasteiger partial charge in [0.1, 0.15) is 11.8 Å². The summed E-state index contributed by atoms with van der Waals surface area (Å²) in [6.45, 7) is 9.87. The molecule has 0 saturated heterocycles. The predicted molar refractivity (Wildman–Crippen MR) is 86.6 cm³/mol. The molecular formula is C17H25N3O2. The highest BCUT2D eigenvalue weighted by atomic mass is 16.5. The first-order valence-electron chi connectivity index (χ1n) is 7.60. The monoisotopic (exact) mass is 303 g/mol. The molecule has 0 heterocycles. The second kappa shape index (κ2) is 9.06. The normalized spacial score (nSPS) is 10.8. The van der Waals surface area contributed by atoms with E-state index in [0.717, 1.165) is 6.54 Å². The summed E-state index contributed by atoms with van der Waals surface area (Å²) in [7, 11) is 0. The van der Waals surface area contributed by atoms with Crippen molar-refractivity contribution in [1.29, 1.82) is 5.26 Å². The molecule has 1 rings (SSSR count). The van der Waals surface area contributed by atoms with E-state index in [1.165, 1.54) is 0 Å². The van der Waals surface area contributed by atoms with Crippen LogP contribution in [-0.4, -0.2) is 42.6 Å². The van der Waals surface area contributed by atoms with Crippen LogP contribution < -0.4 is 10.1 Å². The summed E-state index contributed by atoms with van der Waals surface area (Å²) in [4.78, 5) is 14.1. The molecule has 1 aromatic carbocycles.